The zero-order valence-electron chi connectivity index (χ0n) is 29.0. The molecule has 4 aliphatic heterocycles. The number of ether oxygens (including phenoxy) is 5. The number of hydrogen-bond acceptors (Lipinski definition) is 11. The molecule has 0 radical (unpaired) electrons. The van der Waals surface area contributed by atoms with Crippen LogP contribution in [0.15, 0.2) is 36.4 Å². The SMILES string of the molecule is COc1c(C)cc2c(c1O)[C@@H]1C3Cc4c(OC(C)=O)c(C)c5c(c4[C@H](COC(=O)C=Cc4cccc(C(F)(F)F)c4)N3[C@@H](C#N)[C@H](C2)N1C)OCO5. The molecular formula is C38H36F3N3O8. The lowest BCUT2D eigenvalue weighted by atomic mass is 9.71. The first kappa shape index (κ1) is 35.2. The Bertz CT molecular complexity index is 2060. The van der Waals surface area contributed by atoms with E-state index in [4.69, 9.17) is 23.7 Å². The molecule has 4 aliphatic rings. The van der Waals surface area contributed by atoms with E-state index >= 15 is 0 Å². The lowest BCUT2D eigenvalue weighted by molar-refractivity contribution is -0.143. The number of aromatic hydroxyl groups is 1. The van der Waals surface area contributed by atoms with E-state index in [-0.39, 0.29) is 42.9 Å². The monoisotopic (exact) mass is 719 g/mol. The number of phenols is 1. The van der Waals surface area contributed by atoms with E-state index in [1.54, 1.807) is 6.92 Å². The predicted octanol–water partition coefficient (Wildman–Crippen LogP) is 5.72. The van der Waals surface area contributed by atoms with E-state index in [0.717, 1.165) is 29.3 Å². The molecule has 14 heteroatoms. The van der Waals surface area contributed by atoms with Crippen molar-refractivity contribution in [1.82, 2.24) is 9.80 Å². The summed E-state index contributed by atoms with van der Waals surface area (Å²) in [6, 6.07) is 6.13. The van der Waals surface area contributed by atoms with E-state index in [2.05, 4.69) is 11.0 Å². The van der Waals surface area contributed by atoms with Crippen LogP contribution in [0.1, 0.15) is 63.5 Å². The molecule has 0 amide bonds. The van der Waals surface area contributed by atoms with Gasteiger partial charge in [0.15, 0.2) is 23.0 Å². The minimum atomic E-state index is -4.55. The van der Waals surface area contributed by atoms with Crippen LogP contribution in [0.5, 0.6) is 28.7 Å². The highest BCUT2D eigenvalue weighted by Gasteiger charge is 2.57. The van der Waals surface area contributed by atoms with Crippen LogP contribution >= 0.6 is 0 Å². The number of halogens is 3. The number of aryl methyl sites for hydroxylation is 1. The van der Waals surface area contributed by atoms with Gasteiger partial charge in [0.05, 0.1) is 30.8 Å². The van der Waals surface area contributed by atoms with Crippen LogP contribution in [0.4, 0.5) is 13.2 Å². The van der Waals surface area contributed by atoms with Crippen molar-refractivity contribution in [2.45, 2.75) is 70.0 Å². The van der Waals surface area contributed by atoms with Crippen LogP contribution in [-0.4, -0.2) is 72.5 Å². The number of rotatable bonds is 6. The van der Waals surface area contributed by atoms with Crippen LogP contribution in [0.25, 0.3) is 6.08 Å². The van der Waals surface area contributed by atoms with Crippen molar-refractivity contribution in [2.75, 3.05) is 27.6 Å². The fourth-order valence-electron chi connectivity index (χ4n) is 8.47. The average molecular weight is 720 g/mol. The van der Waals surface area contributed by atoms with Crippen LogP contribution in [0.2, 0.25) is 0 Å². The van der Waals surface area contributed by atoms with Gasteiger partial charge in [-0.1, -0.05) is 18.2 Å². The molecule has 1 N–H and O–H groups in total. The van der Waals surface area contributed by atoms with E-state index < -0.39 is 47.8 Å². The Morgan fingerprint density at radius 1 is 1.10 bits per heavy atom. The predicted molar refractivity (Wildman–Crippen MR) is 179 cm³/mol. The van der Waals surface area contributed by atoms with Crippen molar-refractivity contribution in [2.24, 2.45) is 0 Å². The molecule has 5 atom stereocenters. The van der Waals surface area contributed by atoms with Crippen molar-refractivity contribution < 1.29 is 51.6 Å². The van der Waals surface area contributed by atoms with Crippen molar-refractivity contribution >= 4 is 18.0 Å². The molecule has 0 aliphatic carbocycles. The maximum Gasteiger partial charge on any atom is 0.416 e. The minimum absolute atomic E-state index is 0.00117. The number of fused-ring (bicyclic) bond motifs is 9. The molecule has 4 heterocycles. The molecule has 3 aromatic carbocycles. The third-order valence-electron chi connectivity index (χ3n) is 10.5. The molecule has 7 rings (SSSR count). The Balaban J connectivity index is 1.35. The van der Waals surface area contributed by atoms with Gasteiger partial charge in [0.1, 0.15) is 18.4 Å². The summed E-state index contributed by atoms with van der Waals surface area (Å²) in [6.45, 7) is 4.47. The van der Waals surface area contributed by atoms with Gasteiger partial charge in [-0.2, -0.15) is 18.4 Å². The second-order valence-corrected chi connectivity index (χ2v) is 13.4. The van der Waals surface area contributed by atoms with Crippen LogP contribution in [0, 0.1) is 25.2 Å². The Hall–Kier alpha value is -5.26. The minimum Gasteiger partial charge on any atom is -0.504 e. The number of esters is 2. The first-order chi connectivity index (χ1) is 24.7. The number of likely N-dealkylation sites (N-methyl/N-ethyl adjacent to an activating group) is 1. The van der Waals surface area contributed by atoms with Crippen molar-refractivity contribution in [3.63, 3.8) is 0 Å². The number of nitrogens with zero attached hydrogens (tertiary/aromatic N) is 3. The summed E-state index contributed by atoms with van der Waals surface area (Å²) in [5, 5.41) is 22.5. The van der Waals surface area contributed by atoms with Gasteiger partial charge >= 0.3 is 18.1 Å². The van der Waals surface area contributed by atoms with E-state index in [0.29, 0.717) is 45.9 Å². The molecule has 0 spiro atoms. The van der Waals surface area contributed by atoms with Gasteiger partial charge in [-0.25, -0.2) is 4.79 Å². The van der Waals surface area contributed by atoms with Crippen molar-refractivity contribution in [3.05, 3.63) is 80.9 Å². The molecule has 3 aromatic rings. The Kier molecular flexibility index (Phi) is 8.83. The van der Waals surface area contributed by atoms with Gasteiger partial charge in [-0.05, 0) is 68.6 Å². The molecular weight excluding hydrogens is 683 g/mol. The van der Waals surface area contributed by atoms with Crippen LogP contribution < -0.4 is 18.9 Å². The lowest BCUT2D eigenvalue weighted by Crippen LogP contribution is -2.68. The zero-order valence-corrected chi connectivity index (χ0v) is 29.0. The first-order valence-electron chi connectivity index (χ1n) is 16.7. The van der Waals surface area contributed by atoms with Gasteiger partial charge in [0.2, 0.25) is 6.79 Å². The third kappa shape index (κ3) is 5.68. The summed E-state index contributed by atoms with van der Waals surface area (Å²) in [7, 11) is 3.40. The largest absolute Gasteiger partial charge is 0.504 e. The summed E-state index contributed by atoms with van der Waals surface area (Å²) in [4.78, 5) is 29.8. The van der Waals surface area contributed by atoms with Crippen molar-refractivity contribution in [3.8, 4) is 34.8 Å². The molecule has 1 saturated heterocycles. The molecule has 272 valence electrons. The summed E-state index contributed by atoms with van der Waals surface area (Å²) in [6.07, 6.45) is -1.58. The molecule has 11 nitrogen and oxygen atoms in total. The highest BCUT2D eigenvalue weighted by Crippen LogP contribution is 2.58. The fraction of sp³-hybridized carbons (Fsp3) is 0.395. The molecule has 0 aromatic heterocycles. The smallest absolute Gasteiger partial charge is 0.416 e. The van der Waals surface area contributed by atoms with Crippen LogP contribution in [-0.2, 0) is 33.3 Å². The number of carbonyl (C=O) groups is 2. The normalized spacial score (nSPS) is 23.3. The van der Waals surface area contributed by atoms with Crippen LogP contribution in [0.3, 0.4) is 0 Å². The number of piperazine rings is 1. The van der Waals surface area contributed by atoms with E-state index in [1.807, 2.05) is 24.9 Å². The third-order valence-corrected chi connectivity index (χ3v) is 10.5. The first-order valence-corrected chi connectivity index (χ1v) is 16.7. The second kappa shape index (κ2) is 13.1. The quantitative estimate of drug-likeness (QED) is 0.191. The average Bonchev–Trinajstić information content (AvgIpc) is 3.58. The second-order valence-electron chi connectivity index (χ2n) is 13.4. The van der Waals surface area contributed by atoms with Gasteiger partial charge in [0.25, 0.3) is 0 Å². The Morgan fingerprint density at radius 3 is 2.54 bits per heavy atom. The number of benzene rings is 3. The molecule has 1 unspecified atom stereocenters. The number of carbonyl (C=O) groups excluding carboxylic acids is 2. The number of nitriles is 1. The highest BCUT2D eigenvalue weighted by molar-refractivity contribution is 5.87. The number of alkyl halides is 3. The van der Waals surface area contributed by atoms with Gasteiger partial charge < -0.3 is 28.8 Å². The summed E-state index contributed by atoms with van der Waals surface area (Å²) >= 11 is 0. The Morgan fingerprint density at radius 2 is 1.85 bits per heavy atom. The standard InChI is InChI=1S/C38H36F3N3O8/c1-18-11-22-13-25-27(15-42)44-26(32(43(25)4)30(22)33(47)34(18)48-5)14-24-31(37-36(50-17-51-37)19(2)35(24)52-20(3)45)28(44)16-49-29(46)10-9-21-7-6-8-23(12-21)38(39,40)41/h6-12,25-28,32,47H,13-14,16-17H2,1-5H3/t25-,26?,27-,28-,32-/m0/s1. The summed E-state index contributed by atoms with van der Waals surface area (Å²) in [5.74, 6) is -0.0392. The van der Waals surface area contributed by atoms with Gasteiger partial charge in [-0.15, -0.1) is 0 Å². The summed E-state index contributed by atoms with van der Waals surface area (Å²) < 4.78 is 69.0. The maximum absolute atomic E-state index is 13.3. The maximum atomic E-state index is 13.3. The molecule has 0 saturated carbocycles. The fourth-order valence-corrected chi connectivity index (χ4v) is 8.47. The van der Waals surface area contributed by atoms with Gasteiger partial charge in [-0.3, -0.25) is 14.6 Å². The topological polar surface area (TPSA) is 131 Å². The Labute approximate surface area is 297 Å². The molecule has 1 fully saturated rings. The van der Waals surface area contributed by atoms with Gasteiger partial charge in [0, 0.05) is 47.3 Å². The molecule has 52 heavy (non-hydrogen) atoms. The summed E-state index contributed by atoms with van der Waals surface area (Å²) in [5.41, 5.74) is 3.28. The number of methoxy groups -OCH3 is 1. The highest BCUT2D eigenvalue weighted by atomic mass is 19.4. The lowest BCUT2D eigenvalue weighted by Gasteiger charge is -2.59. The van der Waals surface area contributed by atoms with E-state index in [9.17, 15) is 33.1 Å². The van der Waals surface area contributed by atoms with E-state index in [1.165, 1.54) is 32.2 Å². The molecule has 2 bridgehead atoms. The van der Waals surface area contributed by atoms with Crippen molar-refractivity contribution in [1.29, 1.82) is 5.26 Å². The number of hydrogen-bond donors (Lipinski definition) is 1. The zero-order chi connectivity index (χ0) is 37.2. The number of phenolic OH excluding ortho intramolecular Hbond substituents is 1.